The molecule has 0 radical (unpaired) electrons. The van der Waals surface area contributed by atoms with Crippen molar-refractivity contribution in [3.8, 4) is 0 Å². The van der Waals surface area contributed by atoms with Gasteiger partial charge in [0, 0.05) is 19.1 Å². The van der Waals surface area contributed by atoms with Crippen LogP contribution in [0.4, 0.5) is 0 Å². The lowest BCUT2D eigenvalue weighted by atomic mass is 9.82. The van der Waals surface area contributed by atoms with Gasteiger partial charge in [0.1, 0.15) is 0 Å². The lowest BCUT2D eigenvalue weighted by molar-refractivity contribution is -0.135. The zero-order valence-electron chi connectivity index (χ0n) is 14.3. The average Bonchev–Trinajstić information content (AvgIpc) is 2.92. The molecule has 23 heavy (non-hydrogen) atoms. The van der Waals surface area contributed by atoms with E-state index in [1.54, 1.807) is 4.90 Å². The number of carbonyl (C=O) groups excluding carboxylic acids is 1. The van der Waals surface area contributed by atoms with Crippen LogP contribution in [-0.2, 0) is 26.7 Å². The number of carbonyl (C=O) groups is 1. The first-order valence-electron chi connectivity index (χ1n) is 7.99. The summed E-state index contributed by atoms with van der Waals surface area (Å²) in [6, 6.07) is 7.95. The first kappa shape index (κ1) is 17.9. The molecule has 1 amide bonds. The first-order valence-corrected chi connectivity index (χ1v) is 9.88. The third kappa shape index (κ3) is 4.32. The van der Waals surface area contributed by atoms with Gasteiger partial charge in [0.2, 0.25) is 15.9 Å². The summed E-state index contributed by atoms with van der Waals surface area (Å²) < 4.78 is 25.2. The zero-order valence-corrected chi connectivity index (χ0v) is 15.1. The van der Waals surface area contributed by atoms with Crippen molar-refractivity contribution in [2.24, 2.45) is 0 Å². The summed E-state index contributed by atoms with van der Waals surface area (Å²) in [5, 5.41) is 0. The maximum absolute atomic E-state index is 12.9. The van der Waals surface area contributed by atoms with Gasteiger partial charge in [0.25, 0.3) is 0 Å². The van der Waals surface area contributed by atoms with Crippen LogP contribution in [0.15, 0.2) is 24.3 Å². The summed E-state index contributed by atoms with van der Waals surface area (Å²) in [5.74, 6) is 0.0412. The molecule has 1 aliphatic heterocycles. The largest absolute Gasteiger partial charge is 0.340 e. The maximum Gasteiger partial charge on any atom is 0.232 e. The molecule has 1 fully saturated rings. The summed E-state index contributed by atoms with van der Waals surface area (Å²) >= 11 is 0. The highest BCUT2D eigenvalue weighted by Crippen LogP contribution is 2.28. The molecule has 0 saturated carbocycles. The Bertz CT molecular complexity index is 666. The third-order valence-corrected chi connectivity index (χ3v) is 5.24. The Morgan fingerprint density at radius 3 is 2.43 bits per heavy atom. The van der Waals surface area contributed by atoms with Gasteiger partial charge in [-0.2, -0.15) is 0 Å². The number of nitrogens with zero attached hydrogens (tertiary/aromatic N) is 1. The minimum atomic E-state index is -3.24. The van der Waals surface area contributed by atoms with Crippen LogP contribution in [0.2, 0.25) is 0 Å². The molecule has 6 heteroatoms. The molecule has 0 aliphatic carbocycles. The van der Waals surface area contributed by atoms with Crippen molar-refractivity contribution in [1.29, 1.82) is 0 Å². The normalized spacial score (nSPS) is 19.1. The van der Waals surface area contributed by atoms with Crippen LogP contribution in [0.5, 0.6) is 0 Å². The molecule has 1 N–H and O–H groups in total. The number of hydrogen-bond acceptors (Lipinski definition) is 3. The predicted molar refractivity (Wildman–Crippen MR) is 91.8 cm³/mol. The smallest absolute Gasteiger partial charge is 0.232 e. The molecular weight excluding hydrogens is 312 g/mol. The molecule has 0 aromatic heterocycles. The Hall–Kier alpha value is -1.40. The van der Waals surface area contributed by atoms with Crippen LogP contribution >= 0.6 is 0 Å². The van der Waals surface area contributed by atoms with Crippen molar-refractivity contribution in [1.82, 2.24) is 9.62 Å². The topological polar surface area (TPSA) is 66.5 Å². The second kappa shape index (κ2) is 6.61. The minimum Gasteiger partial charge on any atom is -0.340 e. The van der Waals surface area contributed by atoms with E-state index >= 15 is 0 Å². The Balaban J connectivity index is 2.09. The van der Waals surface area contributed by atoms with Crippen LogP contribution in [0.3, 0.4) is 0 Å². The molecule has 1 aromatic carbocycles. The highest BCUT2D eigenvalue weighted by molar-refractivity contribution is 7.88. The summed E-state index contributed by atoms with van der Waals surface area (Å²) in [6.45, 7) is 6.97. The van der Waals surface area contributed by atoms with Crippen molar-refractivity contribution in [3.63, 3.8) is 0 Å². The van der Waals surface area contributed by atoms with Crippen LogP contribution in [0.25, 0.3) is 0 Å². The fourth-order valence-corrected chi connectivity index (χ4v) is 3.82. The molecule has 1 unspecified atom stereocenters. The number of nitrogens with one attached hydrogen (secondary N) is 1. The number of likely N-dealkylation sites (tertiary alicyclic amines) is 1. The molecule has 1 heterocycles. The van der Waals surface area contributed by atoms with E-state index in [1.165, 1.54) is 5.56 Å². The Kier molecular flexibility index (Phi) is 5.16. The molecule has 1 atom stereocenters. The van der Waals surface area contributed by atoms with Gasteiger partial charge in [-0.15, -0.1) is 0 Å². The van der Waals surface area contributed by atoms with Crippen LogP contribution in [-0.4, -0.2) is 44.6 Å². The second-order valence-corrected chi connectivity index (χ2v) is 8.58. The summed E-state index contributed by atoms with van der Waals surface area (Å²) in [6.07, 6.45) is 2.78. The van der Waals surface area contributed by atoms with Gasteiger partial charge in [0.15, 0.2) is 0 Å². The molecule has 0 spiro atoms. The standard InChI is InChI=1S/C17H26N2O3S/c1-5-13-6-8-14(9-7-13)17(2,3)16(20)19-11-10-15(12-19)18-23(4,21)22/h6-9,15,18H,5,10-12H2,1-4H3. The monoisotopic (exact) mass is 338 g/mol. The number of amides is 1. The third-order valence-electron chi connectivity index (χ3n) is 4.47. The van der Waals surface area contributed by atoms with Gasteiger partial charge in [-0.05, 0) is 37.8 Å². The van der Waals surface area contributed by atoms with Crippen LogP contribution in [0, 0.1) is 0 Å². The first-order chi connectivity index (χ1) is 10.6. The van der Waals surface area contributed by atoms with Crippen molar-refractivity contribution in [2.45, 2.75) is 45.1 Å². The molecule has 1 aliphatic rings. The van der Waals surface area contributed by atoms with Crippen molar-refractivity contribution >= 4 is 15.9 Å². The van der Waals surface area contributed by atoms with Gasteiger partial charge in [-0.3, -0.25) is 4.79 Å². The zero-order chi connectivity index (χ0) is 17.3. The Labute approximate surface area is 139 Å². The van der Waals surface area contributed by atoms with Crippen LogP contribution < -0.4 is 4.72 Å². The van der Waals surface area contributed by atoms with Gasteiger partial charge in [0.05, 0.1) is 11.7 Å². The van der Waals surface area contributed by atoms with E-state index in [0.29, 0.717) is 19.5 Å². The Morgan fingerprint density at radius 1 is 1.30 bits per heavy atom. The fraction of sp³-hybridized carbons (Fsp3) is 0.588. The lowest BCUT2D eigenvalue weighted by Gasteiger charge is -2.30. The van der Waals surface area contributed by atoms with Crippen LogP contribution in [0.1, 0.15) is 38.3 Å². The molecular formula is C17H26N2O3S. The van der Waals surface area contributed by atoms with Crippen molar-refractivity contribution in [3.05, 3.63) is 35.4 Å². The van der Waals surface area contributed by atoms with Crippen molar-refractivity contribution < 1.29 is 13.2 Å². The highest BCUT2D eigenvalue weighted by atomic mass is 32.2. The van der Waals surface area contributed by atoms with E-state index in [-0.39, 0.29) is 11.9 Å². The molecule has 1 saturated heterocycles. The maximum atomic E-state index is 12.9. The van der Waals surface area contributed by atoms with E-state index in [9.17, 15) is 13.2 Å². The summed E-state index contributed by atoms with van der Waals surface area (Å²) in [5.41, 5.74) is 1.61. The number of rotatable bonds is 5. The number of aryl methyl sites for hydroxylation is 1. The SMILES string of the molecule is CCc1ccc(C(C)(C)C(=O)N2CCC(NS(C)(=O)=O)C2)cc1. The molecule has 0 bridgehead atoms. The van der Waals surface area contributed by atoms with E-state index in [0.717, 1.165) is 18.2 Å². The van der Waals surface area contributed by atoms with Crippen molar-refractivity contribution in [2.75, 3.05) is 19.3 Å². The highest BCUT2D eigenvalue weighted by Gasteiger charge is 2.37. The van der Waals surface area contributed by atoms with Gasteiger partial charge >= 0.3 is 0 Å². The number of sulfonamides is 1. The van der Waals surface area contributed by atoms with E-state index in [2.05, 4.69) is 23.8 Å². The van der Waals surface area contributed by atoms with Gasteiger partial charge in [-0.25, -0.2) is 13.1 Å². The molecule has 5 nitrogen and oxygen atoms in total. The molecule has 1 aromatic rings. The van der Waals surface area contributed by atoms with Gasteiger partial charge in [-0.1, -0.05) is 31.2 Å². The lowest BCUT2D eigenvalue weighted by Crippen LogP contribution is -2.44. The summed E-state index contributed by atoms with van der Waals surface area (Å²) in [7, 11) is -3.24. The number of hydrogen-bond donors (Lipinski definition) is 1. The Morgan fingerprint density at radius 2 is 1.91 bits per heavy atom. The second-order valence-electron chi connectivity index (χ2n) is 6.80. The summed E-state index contributed by atoms with van der Waals surface area (Å²) in [4.78, 5) is 14.6. The van der Waals surface area contributed by atoms with E-state index in [1.807, 2.05) is 26.0 Å². The van der Waals surface area contributed by atoms with E-state index < -0.39 is 15.4 Å². The predicted octanol–water partition coefficient (Wildman–Crippen LogP) is 1.68. The molecule has 128 valence electrons. The minimum absolute atomic E-state index is 0.0412. The quantitative estimate of drug-likeness (QED) is 0.888. The fourth-order valence-electron chi connectivity index (χ4n) is 3.02. The van der Waals surface area contributed by atoms with E-state index in [4.69, 9.17) is 0 Å². The van der Waals surface area contributed by atoms with Gasteiger partial charge < -0.3 is 4.90 Å². The molecule has 2 rings (SSSR count). The average molecular weight is 338 g/mol. The number of benzene rings is 1.